The number of benzene rings is 1. The number of imidazole rings is 1. The molecule has 0 fully saturated rings. The molecule has 102 valence electrons. The summed E-state index contributed by atoms with van der Waals surface area (Å²) < 4.78 is 0.994. The summed E-state index contributed by atoms with van der Waals surface area (Å²) in [4.78, 5) is 16.5. The third kappa shape index (κ3) is 2.05. The van der Waals surface area contributed by atoms with Crippen LogP contribution in [0.25, 0.3) is 33.1 Å². The van der Waals surface area contributed by atoms with Crippen molar-refractivity contribution in [2.45, 2.75) is 0 Å². The van der Waals surface area contributed by atoms with Gasteiger partial charge in [-0.15, -0.1) is 11.3 Å². The van der Waals surface area contributed by atoms with Crippen LogP contribution in [0, 0.1) is 0 Å². The van der Waals surface area contributed by atoms with Gasteiger partial charge in [-0.05, 0) is 23.6 Å². The second-order valence-electron chi connectivity index (χ2n) is 4.52. The zero-order chi connectivity index (χ0) is 14.2. The van der Waals surface area contributed by atoms with Crippen molar-refractivity contribution >= 4 is 21.6 Å². The Morgan fingerprint density at radius 3 is 2.90 bits per heavy atom. The molecule has 6 heteroatoms. The zero-order valence-corrected chi connectivity index (χ0v) is 11.6. The average molecular weight is 294 g/mol. The van der Waals surface area contributed by atoms with Crippen LogP contribution < -0.4 is 0 Å². The van der Waals surface area contributed by atoms with Gasteiger partial charge in [-0.3, -0.25) is 0 Å². The Bertz CT molecular complexity index is 914. The van der Waals surface area contributed by atoms with E-state index >= 15 is 0 Å². The van der Waals surface area contributed by atoms with Gasteiger partial charge in [-0.25, -0.2) is 15.0 Å². The molecule has 21 heavy (non-hydrogen) atoms. The molecule has 0 unspecified atom stereocenters. The number of hydrogen-bond acceptors (Lipinski definition) is 5. The highest BCUT2D eigenvalue weighted by molar-refractivity contribution is 7.17. The Morgan fingerprint density at radius 1 is 1.14 bits per heavy atom. The lowest BCUT2D eigenvalue weighted by molar-refractivity contribution is 0.475. The van der Waals surface area contributed by atoms with Crippen LogP contribution in [-0.2, 0) is 0 Å². The number of rotatable bonds is 2. The van der Waals surface area contributed by atoms with E-state index in [-0.39, 0.29) is 5.75 Å². The summed E-state index contributed by atoms with van der Waals surface area (Å²) in [5.74, 6) is 1.48. The number of fused-ring (bicyclic) bond motifs is 1. The van der Waals surface area contributed by atoms with Crippen molar-refractivity contribution in [2.24, 2.45) is 0 Å². The van der Waals surface area contributed by atoms with E-state index in [4.69, 9.17) is 0 Å². The summed E-state index contributed by atoms with van der Waals surface area (Å²) in [6.07, 6.45) is 3.47. The fourth-order valence-electron chi connectivity index (χ4n) is 2.19. The first-order valence-corrected chi connectivity index (χ1v) is 7.23. The van der Waals surface area contributed by atoms with Crippen LogP contribution >= 0.6 is 11.3 Å². The minimum atomic E-state index is 0.195. The van der Waals surface area contributed by atoms with Crippen molar-refractivity contribution in [1.82, 2.24) is 19.9 Å². The lowest BCUT2D eigenvalue weighted by Crippen LogP contribution is -1.94. The second kappa shape index (κ2) is 4.68. The maximum atomic E-state index is 9.63. The molecule has 0 atom stereocenters. The van der Waals surface area contributed by atoms with Gasteiger partial charge in [-0.2, -0.15) is 0 Å². The van der Waals surface area contributed by atoms with Crippen molar-refractivity contribution < 1.29 is 5.11 Å². The first kappa shape index (κ1) is 12.0. The van der Waals surface area contributed by atoms with Gasteiger partial charge in [0.15, 0.2) is 11.6 Å². The summed E-state index contributed by atoms with van der Waals surface area (Å²) in [5.41, 5.74) is 2.42. The van der Waals surface area contributed by atoms with Crippen molar-refractivity contribution in [3.05, 3.63) is 48.1 Å². The maximum absolute atomic E-state index is 9.63. The van der Waals surface area contributed by atoms with E-state index in [1.54, 1.807) is 41.9 Å². The molecule has 0 aliphatic carbocycles. The highest BCUT2D eigenvalue weighted by atomic mass is 32.1. The molecule has 0 saturated heterocycles. The topological polar surface area (TPSA) is 74.7 Å². The van der Waals surface area contributed by atoms with Crippen LogP contribution in [0.1, 0.15) is 0 Å². The lowest BCUT2D eigenvalue weighted by atomic mass is 10.2. The van der Waals surface area contributed by atoms with Crippen LogP contribution in [0.3, 0.4) is 0 Å². The maximum Gasteiger partial charge on any atom is 0.160 e. The number of aromatic nitrogens is 4. The smallest absolute Gasteiger partial charge is 0.160 e. The fourth-order valence-corrected chi connectivity index (χ4v) is 3.01. The van der Waals surface area contributed by atoms with Crippen LogP contribution in [0.5, 0.6) is 5.75 Å². The molecule has 0 aliphatic heterocycles. The first-order chi connectivity index (χ1) is 10.3. The highest BCUT2D eigenvalue weighted by Crippen LogP contribution is 2.31. The van der Waals surface area contributed by atoms with Gasteiger partial charge in [-0.1, -0.05) is 12.1 Å². The van der Waals surface area contributed by atoms with Crippen LogP contribution in [0.4, 0.5) is 0 Å². The van der Waals surface area contributed by atoms with Crippen LogP contribution in [-0.4, -0.2) is 25.0 Å². The van der Waals surface area contributed by atoms with Gasteiger partial charge in [0.25, 0.3) is 0 Å². The molecule has 3 heterocycles. The molecule has 4 aromatic rings. The third-order valence-corrected chi connectivity index (χ3v) is 4.04. The van der Waals surface area contributed by atoms with Gasteiger partial charge in [0, 0.05) is 18.0 Å². The normalized spacial score (nSPS) is 11.0. The van der Waals surface area contributed by atoms with E-state index in [9.17, 15) is 5.11 Å². The number of aromatic amines is 1. The van der Waals surface area contributed by atoms with Gasteiger partial charge in [0.1, 0.15) is 11.4 Å². The second-order valence-corrected chi connectivity index (χ2v) is 5.44. The molecule has 1 aromatic carbocycles. The highest BCUT2D eigenvalue weighted by Gasteiger charge is 2.14. The predicted octanol–water partition coefficient (Wildman–Crippen LogP) is 3.45. The van der Waals surface area contributed by atoms with E-state index in [1.807, 2.05) is 17.5 Å². The number of nitrogens with one attached hydrogen (secondary N) is 1. The Balaban J connectivity index is 1.99. The summed E-state index contributed by atoms with van der Waals surface area (Å²) in [5, 5.41) is 11.6. The molecule has 0 amide bonds. The minimum absolute atomic E-state index is 0.195. The molecule has 0 spiro atoms. The monoisotopic (exact) mass is 294 g/mol. The molecular formula is C15H10N4OS. The lowest BCUT2D eigenvalue weighted by Gasteiger charge is -2.05. The number of aromatic hydroxyl groups is 1. The number of thiophene rings is 1. The summed E-state index contributed by atoms with van der Waals surface area (Å²) in [7, 11) is 0. The van der Waals surface area contributed by atoms with Crippen LogP contribution in [0.2, 0.25) is 0 Å². The molecule has 4 rings (SSSR count). The molecule has 3 aromatic heterocycles. The zero-order valence-electron chi connectivity index (χ0n) is 10.8. The Labute approximate surface area is 124 Å². The summed E-state index contributed by atoms with van der Waals surface area (Å²) in [6, 6.07) is 8.89. The Kier molecular flexibility index (Phi) is 2.68. The SMILES string of the molecule is Oc1cccc(-c2nc(-c3ncc[nH]3)c3sccc3n2)c1. The number of phenols is 1. The van der Waals surface area contributed by atoms with Crippen molar-refractivity contribution in [2.75, 3.05) is 0 Å². The van der Waals surface area contributed by atoms with E-state index in [1.165, 1.54) is 0 Å². The number of nitrogens with zero attached hydrogens (tertiary/aromatic N) is 3. The van der Waals surface area contributed by atoms with E-state index in [0.717, 1.165) is 21.5 Å². The van der Waals surface area contributed by atoms with Crippen molar-refractivity contribution in [3.63, 3.8) is 0 Å². The molecule has 0 radical (unpaired) electrons. The molecular weight excluding hydrogens is 284 g/mol. The third-order valence-electron chi connectivity index (χ3n) is 3.13. The molecule has 5 nitrogen and oxygen atoms in total. The fraction of sp³-hybridized carbons (Fsp3) is 0. The Morgan fingerprint density at radius 2 is 2.10 bits per heavy atom. The van der Waals surface area contributed by atoms with E-state index < -0.39 is 0 Å². The Hall–Kier alpha value is -2.73. The van der Waals surface area contributed by atoms with Gasteiger partial charge >= 0.3 is 0 Å². The van der Waals surface area contributed by atoms with Crippen LogP contribution in [0.15, 0.2) is 48.1 Å². The summed E-state index contributed by atoms with van der Waals surface area (Å²) in [6.45, 7) is 0. The quantitative estimate of drug-likeness (QED) is 0.593. The predicted molar refractivity (Wildman–Crippen MR) is 82.1 cm³/mol. The van der Waals surface area contributed by atoms with Crippen molar-refractivity contribution in [1.29, 1.82) is 0 Å². The van der Waals surface area contributed by atoms with E-state index in [0.29, 0.717) is 11.6 Å². The molecule has 0 aliphatic rings. The average Bonchev–Trinajstić information content (AvgIpc) is 3.17. The standard InChI is InChI=1S/C15H10N4OS/c20-10-3-1-2-9(8-10)14-18-11-4-7-21-13(11)12(19-14)15-16-5-6-17-15/h1-8,20H,(H,16,17). The number of phenolic OH excluding ortho intramolecular Hbond substituents is 1. The van der Waals surface area contributed by atoms with Gasteiger partial charge < -0.3 is 10.1 Å². The van der Waals surface area contributed by atoms with Gasteiger partial charge in [0.2, 0.25) is 0 Å². The minimum Gasteiger partial charge on any atom is -0.508 e. The molecule has 0 saturated carbocycles. The number of H-pyrrole nitrogens is 1. The van der Waals surface area contributed by atoms with Crippen molar-refractivity contribution in [3.8, 4) is 28.7 Å². The summed E-state index contributed by atoms with van der Waals surface area (Å²) >= 11 is 1.58. The first-order valence-electron chi connectivity index (χ1n) is 6.36. The largest absolute Gasteiger partial charge is 0.508 e. The molecule has 0 bridgehead atoms. The van der Waals surface area contributed by atoms with E-state index in [2.05, 4.69) is 19.9 Å². The van der Waals surface area contributed by atoms with Gasteiger partial charge in [0.05, 0.1) is 10.2 Å². The number of hydrogen-bond donors (Lipinski definition) is 2. The molecule has 2 N–H and O–H groups in total.